The minimum Gasteiger partial charge on any atom is -0.497 e. The molecule has 0 radical (unpaired) electrons. The summed E-state index contributed by atoms with van der Waals surface area (Å²) in [6, 6.07) is 8.21. The molecule has 3 rings (SSSR count). The molecule has 0 unspecified atom stereocenters. The first kappa shape index (κ1) is 19.4. The van der Waals surface area contributed by atoms with Gasteiger partial charge in [0.05, 0.1) is 14.2 Å². The van der Waals surface area contributed by atoms with Crippen molar-refractivity contribution in [2.24, 2.45) is 0 Å². The second-order valence-corrected chi connectivity index (χ2v) is 8.07. The summed E-state index contributed by atoms with van der Waals surface area (Å²) in [5.74, 6) is 1.16. The molecular weight excluding hydrogens is 368 g/mol. The van der Waals surface area contributed by atoms with Crippen LogP contribution in [-0.2, 0) is 16.6 Å². The number of aromatic nitrogens is 1. The molecule has 0 aliphatic heterocycles. The topological polar surface area (TPSA) is 86.8 Å². The molecule has 0 bridgehead atoms. The van der Waals surface area contributed by atoms with Crippen LogP contribution in [-0.4, -0.2) is 33.7 Å². The zero-order chi connectivity index (χ0) is 19.3. The van der Waals surface area contributed by atoms with Crippen molar-refractivity contribution in [3.63, 3.8) is 0 Å². The Morgan fingerprint density at radius 3 is 2.63 bits per heavy atom. The Bertz CT molecular complexity index is 879. The standard InChI is InChI=1S/C19H24N2O5S/c1-24-16-9-10-17(25-2)18(12-16)27(22,23)21-13-14-6-5-11-20-19(14)26-15-7-3-4-8-15/h5-6,9-12,15,21H,3-4,7-8,13H2,1-2H3. The quantitative estimate of drug-likeness (QED) is 0.743. The number of nitrogens with zero attached hydrogens (tertiary/aromatic N) is 1. The largest absolute Gasteiger partial charge is 0.497 e. The highest BCUT2D eigenvalue weighted by Gasteiger charge is 2.22. The fraction of sp³-hybridized carbons (Fsp3) is 0.421. The SMILES string of the molecule is COc1ccc(OC)c(S(=O)(=O)NCc2cccnc2OC2CCCC2)c1. The van der Waals surface area contributed by atoms with E-state index in [2.05, 4.69) is 9.71 Å². The van der Waals surface area contributed by atoms with E-state index >= 15 is 0 Å². The number of sulfonamides is 1. The third-order valence-electron chi connectivity index (χ3n) is 4.54. The van der Waals surface area contributed by atoms with Crippen molar-refractivity contribution in [3.05, 3.63) is 42.1 Å². The molecule has 27 heavy (non-hydrogen) atoms. The van der Waals surface area contributed by atoms with Gasteiger partial charge in [0.15, 0.2) is 0 Å². The normalized spacial score (nSPS) is 14.9. The van der Waals surface area contributed by atoms with Crippen LogP contribution in [0.15, 0.2) is 41.4 Å². The van der Waals surface area contributed by atoms with E-state index in [-0.39, 0.29) is 23.3 Å². The molecule has 1 N–H and O–H groups in total. The number of ether oxygens (including phenoxy) is 3. The van der Waals surface area contributed by atoms with E-state index < -0.39 is 10.0 Å². The highest BCUT2D eigenvalue weighted by Crippen LogP contribution is 2.29. The van der Waals surface area contributed by atoms with E-state index in [1.807, 2.05) is 6.07 Å². The third-order valence-corrected chi connectivity index (χ3v) is 5.97. The first-order valence-corrected chi connectivity index (χ1v) is 10.3. The number of benzene rings is 1. The maximum atomic E-state index is 12.8. The highest BCUT2D eigenvalue weighted by atomic mass is 32.2. The van der Waals surface area contributed by atoms with Crippen LogP contribution in [0.5, 0.6) is 17.4 Å². The van der Waals surface area contributed by atoms with E-state index in [4.69, 9.17) is 14.2 Å². The molecule has 1 aliphatic carbocycles. The Labute approximate surface area is 159 Å². The molecule has 0 amide bonds. The van der Waals surface area contributed by atoms with Crippen LogP contribution < -0.4 is 18.9 Å². The molecule has 7 nitrogen and oxygen atoms in total. The summed E-state index contributed by atoms with van der Waals surface area (Å²) in [6.07, 6.45) is 6.09. The molecule has 0 atom stereocenters. The van der Waals surface area contributed by atoms with Gasteiger partial charge in [0.1, 0.15) is 22.5 Å². The van der Waals surface area contributed by atoms with Gasteiger partial charge in [-0.2, -0.15) is 0 Å². The van der Waals surface area contributed by atoms with E-state index in [0.29, 0.717) is 17.2 Å². The summed E-state index contributed by atoms with van der Waals surface area (Å²) in [6.45, 7) is 0.0680. The molecular formula is C19H24N2O5S. The zero-order valence-electron chi connectivity index (χ0n) is 15.5. The van der Waals surface area contributed by atoms with Gasteiger partial charge in [0.25, 0.3) is 0 Å². The maximum absolute atomic E-state index is 12.8. The second kappa shape index (κ2) is 8.58. The van der Waals surface area contributed by atoms with E-state index in [1.165, 1.54) is 20.3 Å². The molecule has 1 aliphatic rings. The Hall–Kier alpha value is -2.32. The lowest BCUT2D eigenvalue weighted by Gasteiger charge is -2.16. The van der Waals surface area contributed by atoms with E-state index in [0.717, 1.165) is 25.7 Å². The number of hydrogen-bond acceptors (Lipinski definition) is 6. The summed E-state index contributed by atoms with van der Waals surface area (Å²) in [4.78, 5) is 4.29. The maximum Gasteiger partial charge on any atom is 0.244 e. The van der Waals surface area contributed by atoms with Gasteiger partial charge in [0.2, 0.25) is 15.9 Å². The molecule has 1 aromatic heterocycles. The van der Waals surface area contributed by atoms with Crippen molar-refractivity contribution in [2.75, 3.05) is 14.2 Å². The van der Waals surface area contributed by atoms with Crippen molar-refractivity contribution in [2.45, 2.75) is 43.2 Å². The Morgan fingerprint density at radius 1 is 1.15 bits per heavy atom. The minimum atomic E-state index is -3.82. The van der Waals surface area contributed by atoms with Gasteiger partial charge >= 0.3 is 0 Å². The van der Waals surface area contributed by atoms with Gasteiger partial charge in [-0.25, -0.2) is 18.1 Å². The summed E-state index contributed by atoms with van der Waals surface area (Å²) in [5.41, 5.74) is 0.690. The van der Waals surface area contributed by atoms with Gasteiger partial charge in [-0.1, -0.05) is 6.07 Å². The van der Waals surface area contributed by atoms with Crippen LogP contribution in [0.2, 0.25) is 0 Å². The average molecular weight is 392 g/mol. The number of nitrogens with one attached hydrogen (secondary N) is 1. The van der Waals surface area contributed by atoms with Crippen molar-refractivity contribution >= 4 is 10.0 Å². The smallest absolute Gasteiger partial charge is 0.244 e. The molecule has 1 fully saturated rings. The van der Waals surface area contributed by atoms with Crippen LogP contribution >= 0.6 is 0 Å². The van der Waals surface area contributed by atoms with Gasteiger partial charge in [-0.3, -0.25) is 0 Å². The highest BCUT2D eigenvalue weighted by molar-refractivity contribution is 7.89. The first-order valence-electron chi connectivity index (χ1n) is 8.85. The molecule has 2 aromatic rings. The molecule has 8 heteroatoms. The predicted molar refractivity (Wildman–Crippen MR) is 101 cm³/mol. The Balaban J connectivity index is 1.78. The Morgan fingerprint density at radius 2 is 1.93 bits per heavy atom. The van der Waals surface area contributed by atoms with Crippen molar-refractivity contribution < 1.29 is 22.6 Å². The molecule has 1 aromatic carbocycles. The fourth-order valence-electron chi connectivity index (χ4n) is 3.07. The first-order chi connectivity index (χ1) is 13.0. The molecule has 146 valence electrons. The predicted octanol–water partition coefficient (Wildman–Crippen LogP) is 2.90. The van der Waals surface area contributed by atoms with Gasteiger partial charge in [-0.15, -0.1) is 0 Å². The fourth-order valence-corrected chi connectivity index (χ4v) is 4.26. The van der Waals surface area contributed by atoms with Crippen molar-refractivity contribution in [1.29, 1.82) is 0 Å². The van der Waals surface area contributed by atoms with E-state index in [9.17, 15) is 8.42 Å². The van der Waals surface area contributed by atoms with Gasteiger partial charge < -0.3 is 14.2 Å². The number of methoxy groups -OCH3 is 2. The monoisotopic (exact) mass is 392 g/mol. The second-order valence-electron chi connectivity index (χ2n) is 6.33. The van der Waals surface area contributed by atoms with Crippen molar-refractivity contribution in [1.82, 2.24) is 9.71 Å². The summed E-state index contributed by atoms with van der Waals surface area (Å²) >= 11 is 0. The zero-order valence-corrected chi connectivity index (χ0v) is 16.3. The van der Waals surface area contributed by atoms with Crippen LogP contribution in [0.25, 0.3) is 0 Å². The van der Waals surface area contributed by atoms with Crippen LogP contribution in [0.4, 0.5) is 0 Å². The van der Waals surface area contributed by atoms with Crippen LogP contribution in [0.3, 0.4) is 0 Å². The van der Waals surface area contributed by atoms with Gasteiger partial charge in [0, 0.05) is 24.4 Å². The lowest BCUT2D eigenvalue weighted by Crippen LogP contribution is -2.24. The van der Waals surface area contributed by atoms with E-state index in [1.54, 1.807) is 24.4 Å². The molecule has 1 heterocycles. The Kier molecular flexibility index (Phi) is 6.18. The van der Waals surface area contributed by atoms with Crippen LogP contribution in [0, 0.1) is 0 Å². The molecule has 1 saturated carbocycles. The number of rotatable bonds is 8. The molecule has 0 spiro atoms. The number of hydrogen-bond donors (Lipinski definition) is 1. The number of pyridine rings is 1. The summed E-state index contributed by atoms with van der Waals surface area (Å²) in [5, 5.41) is 0. The van der Waals surface area contributed by atoms with Crippen molar-refractivity contribution in [3.8, 4) is 17.4 Å². The summed E-state index contributed by atoms with van der Waals surface area (Å²) < 4.78 is 44.5. The van der Waals surface area contributed by atoms with Gasteiger partial charge in [-0.05, 0) is 43.9 Å². The minimum absolute atomic E-state index is 0.0199. The average Bonchev–Trinajstić information content (AvgIpc) is 3.20. The lowest BCUT2D eigenvalue weighted by atomic mass is 10.2. The third kappa shape index (κ3) is 4.70. The lowest BCUT2D eigenvalue weighted by molar-refractivity contribution is 0.199. The van der Waals surface area contributed by atoms with Crippen LogP contribution in [0.1, 0.15) is 31.2 Å². The molecule has 0 saturated heterocycles. The summed E-state index contributed by atoms with van der Waals surface area (Å²) in [7, 11) is -0.910.